The third kappa shape index (κ3) is 3.25. The zero-order valence-corrected chi connectivity index (χ0v) is 13.1. The molecule has 0 radical (unpaired) electrons. The number of rotatable bonds is 5. The Balaban J connectivity index is 2.17. The zero-order chi connectivity index (χ0) is 13.0. The molecule has 0 bridgehead atoms. The Labute approximate surface area is 118 Å². The Morgan fingerprint density at radius 2 is 2.22 bits per heavy atom. The summed E-state index contributed by atoms with van der Waals surface area (Å²) < 4.78 is 1.90. The van der Waals surface area contributed by atoms with Crippen LogP contribution in [0.4, 0.5) is 0 Å². The summed E-state index contributed by atoms with van der Waals surface area (Å²) in [5.41, 5.74) is 1.33. The fraction of sp³-hybridized carbons (Fsp3) is 0.769. The molecular formula is C13H23N3S2. The van der Waals surface area contributed by atoms with Gasteiger partial charge in [0.25, 0.3) is 0 Å². The van der Waals surface area contributed by atoms with Crippen LogP contribution in [0.15, 0.2) is 12.4 Å². The van der Waals surface area contributed by atoms with Gasteiger partial charge in [-0.05, 0) is 13.0 Å². The van der Waals surface area contributed by atoms with Gasteiger partial charge in [-0.25, -0.2) is 0 Å². The van der Waals surface area contributed by atoms with Crippen molar-refractivity contribution in [3.8, 4) is 0 Å². The highest BCUT2D eigenvalue weighted by Crippen LogP contribution is 2.40. The van der Waals surface area contributed by atoms with Gasteiger partial charge < -0.3 is 5.32 Å². The quantitative estimate of drug-likeness (QED) is 0.901. The maximum Gasteiger partial charge on any atom is 0.0537 e. The maximum absolute atomic E-state index is 4.33. The number of nitrogens with zero attached hydrogens (tertiary/aromatic N) is 2. The topological polar surface area (TPSA) is 29.9 Å². The van der Waals surface area contributed by atoms with Crippen molar-refractivity contribution in [2.24, 2.45) is 7.05 Å². The van der Waals surface area contributed by atoms with E-state index in [9.17, 15) is 0 Å². The van der Waals surface area contributed by atoms with Crippen molar-refractivity contribution in [3.05, 3.63) is 18.0 Å². The van der Waals surface area contributed by atoms with Gasteiger partial charge in [0.15, 0.2) is 0 Å². The Hall–Kier alpha value is -0.130. The number of hydrogen-bond acceptors (Lipinski definition) is 4. The number of thioether (sulfide) groups is 2. The molecule has 1 N–H and O–H groups in total. The van der Waals surface area contributed by atoms with Gasteiger partial charge in [0.2, 0.25) is 0 Å². The molecule has 1 aromatic heterocycles. The van der Waals surface area contributed by atoms with Gasteiger partial charge in [-0.3, -0.25) is 4.68 Å². The van der Waals surface area contributed by atoms with Gasteiger partial charge >= 0.3 is 0 Å². The van der Waals surface area contributed by atoms with E-state index in [1.807, 2.05) is 17.9 Å². The van der Waals surface area contributed by atoms with E-state index in [0.29, 0.717) is 11.3 Å². The summed E-state index contributed by atoms with van der Waals surface area (Å²) in [6.07, 6.45) is 5.42. The van der Waals surface area contributed by atoms with Crippen LogP contribution in [0.5, 0.6) is 0 Å². The van der Waals surface area contributed by atoms with Crippen LogP contribution in [0.3, 0.4) is 0 Å². The van der Waals surface area contributed by atoms with Gasteiger partial charge in [0, 0.05) is 46.9 Å². The molecule has 5 heteroatoms. The molecule has 1 aromatic rings. The first-order valence-electron chi connectivity index (χ1n) is 6.71. The minimum absolute atomic E-state index is 0.437. The molecule has 1 aliphatic rings. The molecule has 1 saturated heterocycles. The smallest absolute Gasteiger partial charge is 0.0537 e. The van der Waals surface area contributed by atoms with Gasteiger partial charge in [-0.2, -0.15) is 28.6 Å². The van der Waals surface area contributed by atoms with Crippen LogP contribution in [-0.2, 0) is 7.05 Å². The molecule has 0 saturated carbocycles. The normalized spacial score (nSPS) is 26.2. The van der Waals surface area contributed by atoms with Crippen LogP contribution in [-0.4, -0.2) is 38.3 Å². The summed E-state index contributed by atoms with van der Waals surface area (Å²) in [6.45, 7) is 5.51. The molecular weight excluding hydrogens is 262 g/mol. The largest absolute Gasteiger partial charge is 0.309 e. The van der Waals surface area contributed by atoms with Crippen LogP contribution in [0, 0.1) is 0 Å². The van der Waals surface area contributed by atoms with E-state index in [0.717, 1.165) is 11.8 Å². The molecule has 3 nitrogen and oxygen atoms in total. The van der Waals surface area contributed by atoms with E-state index in [4.69, 9.17) is 0 Å². The molecule has 18 heavy (non-hydrogen) atoms. The van der Waals surface area contributed by atoms with Crippen molar-refractivity contribution in [1.82, 2.24) is 15.1 Å². The predicted molar refractivity (Wildman–Crippen MR) is 82.4 cm³/mol. The average Bonchev–Trinajstić information content (AvgIpc) is 2.82. The third-order valence-electron chi connectivity index (χ3n) is 3.33. The van der Waals surface area contributed by atoms with Crippen LogP contribution < -0.4 is 5.32 Å². The fourth-order valence-electron chi connectivity index (χ4n) is 2.49. The molecule has 102 valence electrons. The summed E-state index contributed by atoms with van der Waals surface area (Å²) >= 11 is 4.27. The Bertz CT molecular complexity index is 367. The van der Waals surface area contributed by atoms with E-state index in [1.54, 1.807) is 0 Å². The zero-order valence-electron chi connectivity index (χ0n) is 11.4. The summed E-state index contributed by atoms with van der Waals surface area (Å²) in [7, 11) is 1.99. The molecule has 3 unspecified atom stereocenters. The summed E-state index contributed by atoms with van der Waals surface area (Å²) in [5, 5.41) is 9.41. The predicted octanol–water partition coefficient (Wildman–Crippen LogP) is 2.70. The van der Waals surface area contributed by atoms with E-state index < -0.39 is 0 Å². The number of nitrogens with one attached hydrogen (secondary N) is 1. The van der Waals surface area contributed by atoms with Crippen molar-refractivity contribution >= 4 is 23.5 Å². The lowest BCUT2D eigenvalue weighted by Crippen LogP contribution is -2.38. The Kier molecular flexibility index (Phi) is 5.45. The number of aryl methyl sites for hydroxylation is 1. The molecule has 2 rings (SSSR count). The second-order valence-electron chi connectivity index (χ2n) is 4.64. The molecule has 3 atom stereocenters. The average molecular weight is 285 g/mol. The van der Waals surface area contributed by atoms with E-state index in [2.05, 4.69) is 54.0 Å². The van der Waals surface area contributed by atoms with Gasteiger partial charge in [0.05, 0.1) is 6.20 Å². The van der Waals surface area contributed by atoms with Crippen LogP contribution in [0.25, 0.3) is 0 Å². The Morgan fingerprint density at radius 1 is 1.44 bits per heavy atom. The monoisotopic (exact) mass is 285 g/mol. The second kappa shape index (κ2) is 6.87. The lowest BCUT2D eigenvalue weighted by atomic mass is 10.0. The fourth-order valence-corrected chi connectivity index (χ4v) is 5.74. The van der Waals surface area contributed by atoms with E-state index >= 15 is 0 Å². The van der Waals surface area contributed by atoms with Crippen LogP contribution >= 0.6 is 23.5 Å². The highest BCUT2D eigenvalue weighted by atomic mass is 32.2. The number of aromatic nitrogens is 2. The lowest BCUT2D eigenvalue weighted by molar-refractivity contribution is 0.512. The summed E-state index contributed by atoms with van der Waals surface area (Å²) in [6, 6.07) is 0.437. The molecule has 0 aliphatic carbocycles. The van der Waals surface area contributed by atoms with Crippen molar-refractivity contribution in [2.45, 2.75) is 36.8 Å². The SMILES string of the molecule is CCNC(c1cnn(C)c1)C1SCCSC1CC. The highest BCUT2D eigenvalue weighted by molar-refractivity contribution is 8.07. The first-order valence-corrected chi connectivity index (χ1v) is 8.81. The molecule has 1 fully saturated rings. The van der Waals surface area contributed by atoms with Crippen LogP contribution in [0.2, 0.25) is 0 Å². The maximum atomic E-state index is 4.33. The van der Waals surface area contributed by atoms with Gasteiger partial charge in [-0.1, -0.05) is 13.8 Å². The van der Waals surface area contributed by atoms with Crippen molar-refractivity contribution in [2.75, 3.05) is 18.1 Å². The van der Waals surface area contributed by atoms with Gasteiger partial charge in [0.1, 0.15) is 0 Å². The standard InChI is InChI=1S/C13H23N3S2/c1-4-11-13(18-7-6-17-11)12(14-5-2)10-8-15-16(3)9-10/h8-9,11-14H,4-7H2,1-3H3. The second-order valence-corrected chi connectivity index (χ2v) is 7.27. The lowest BCUT2D eigenvalue weighted by Gasteiger charge is -2.36. The molecule has 0 aromatic carbocycles. The first-order chi connectivity index (χ1) is 8.76. The summed E-state index contributed by atoms with van der Waals surface area (Å²) in [4.78, 5) is 0. The third-order valence-corrected chi connectivity index (χ3v) is 6.68. The first kappa shape index (κ1) is 14.3. The Morgan fingerprint density at radius 3 is 2.83 bits per heavy atom. The van der Waals surface area contributed by atoms with Crippen molar-refractivity contribution < 1.29 is 0 Å². The number of hydrogen-bond donors (Lipinski definition) is 1. The highest BCUT2D eigenvalue weighted by Gasteiger charge is 2.33. The van der Waals surface area contributed by atoms with Crippen LogP contribution in [0.1, 0.15) is 31.9 Å². The van der Waals surface area contributed by atoms with Crippen molar-refractivity contribution in [1.29, 1.82) is 0 Å². The van der Waals surface area contributed by atoms with Gasteiger partial charge in [-0.15, -0.1) is 0 Å². The van der Waals surface area contributed by atoms with E-state index in [1.165, 1.54) is 23.5 Å². The minimum Gasteiger partial charge on any atom is -0.309 e. The van der Waals surface area contributed by atoms with Crippen molar-refractivity contribution in [3.63, 3.8) is 0 Å². The molecule has 0 amide bonds. The molecule has 2 heterocycles. The molecule has 1 aliphatic heterocycles. The van der Waals surface area contributed by atoms with E-state index in [-0.39, 0.29) is 0 Å². The summed E-state index contributed by atoms with van der Waals surface area (Å²) in [5.74, 6) is 2.57. The minimum atomic E-state index is 0.437. The molecule has 0 spiro atoms.